The van der Waals surface area contributed by atoms with Crippen molar-refractivity contribution in [1.82, 2.24) is 5.32 Å². The molecule has 2 N–H and O–H groups in total. The zero-order chi connectivity index (χ0) is 13.5. The lowest BCUT2D eigenvalue weighted by Crippen LogP contribution is -2.24. The first-order valence-electron chi connectivity index (χ1n) is 7.45. The van der Waals surface area contributed by atoms with Crippen LogP contribution in [0.15, 0.2) is 24.3 Å². The highest BCUT2D eigenvalue weighted by Crippen LogP contribution is 2.24. The molecule has 0 spiro atoms. The number of hydrogen-bond donors (Lipinski definition) is 2. The molecule has 1 saturated heterocycles. The van der Waals surface area contributed by atoms with Crippen LogP contribution < -0.4 is 10.2 Å². The van der Waals surface area contributed by atoms with Crippen LogP contribution in [0.5, 0.6) is 0 Å². The lowest BCUT2D eigenvalue weighted by molar-refractivity contribution is 0.260. The van der Waals surface area contributed by atoms with E-state index in [1.807, 2.05) is 0 Å². The van der Waals surface area contributed by atoms with Gasteiger partial charge >= 0.3 is 0 Å². The Morgan fingerprint density at radius 1 is 1.26 bits per heavy atom. The molecule has 1 unspecified atom stereocenters. The summed E-state index contributed by atoms with van der Waals surface area (Å²) in [5, 5.41) is 12.4. The highest BCUT2D eigenvalue weighted by atomic mass is 16.3. The summed E-state index contributed by atoms with van der Waals surface area (Å²) >= 11 is 0. The molecule has 0 aromatic heterocycles. The fraction of sp³-hybridized carbons (Fsp3) is 0.625. The van der Waals surface area contributed by atoms with Gasteiger partial charge in [0.05, 0.1) is 0 Å². The number of aliphatic hydroxyl groups is 1. The molecule has 0 bridgehead atoms. The number of anilines is 1. The minimum atomic E-state index is 0.285. The molecule has 0 radical (unpaired) electrons. The van der Waals surface area contributed by atoms with E-state index in [2.05, 4.69) is 41.4 Å². The topological polar surface area (TPSA) is 35.5 Å². The number of para-hydroxylation sites is 1. The van der Waals surface area contributed by atoms with Gasteiger partial charge in [0.25, 0.3) is 0 Å². The van der Waals surface area contributed by atoms with Gasteiger partial charge in [-0.3, -0.25) is 0 Å². The maximum atomic E-state index is 8.91. The van der Waals surface area contributed by atoms with Gasteiger partial charge in [0.1, 0.15) is 0 Å². The van der Waals surface area contributed by atoms with Crippen molar-refractivity contribution in [3.63, 3.8) is 0 Å². The van der Waals surface area contributed by atoms with Crippen molar-refractivity contribution in [2.24, 2.45) is 5.92 Å². The maximum absolute atomic E-state index is 8.91. The lowest BCUT2D eigenvalue weighted by Gasteiger charge is -2.22. The van der Waals surface area contributed by atoms with Crippen LogP contribution in [0.4, 0.5) is 5.69 Å². The van der Waals surface area contributed by atoms with Crippen molar-refractivity contribution in [3.05, 3.63) is 29.8 Å². The van der Waals surface area contributed by atoms with Crippen molar-refractivity contribution in [2.45, 2.75) is 32.7 Å². The van der Waals surface area contributed by atoms with Gasteiger partial charge in [-0.2, -0.15) is 0 Å². The van der Waals surface area contributed by atoms with Gasteiger partial charge < -0.3 is 15.3 Å². The van der Waals surface area contributed by atoms with E-state index in [9.17, 15) is 0 Å². The molecule has 3 heteroatoms. The zero-order valence-electron chi connectivity index (χ0n) is 11.9. The second-order valence-electron chi connectivity index (χ2n) is 5.57. The van der Waals surface area contributed by atoms with Gasteiger partial charge in [0, 0.05) is 31.9 Å². The quantitative estimate of drug-likeness (QED) is 0.792. The van der Waals surface area contributed by atoms with Crippen molar-refractivity contribution in [2.75, 3.05) is 31.1 Å². The summed E-state index contributed by atoms with van der Waals surface area (Å²) in [6, 6.07) is 8.70. The van der Waals surface area contributed by atoms with Gasteiger partial charge in [-0.05, 0) is 43.4 Å². The summed E-state index contributed by atoms with van der Waals surface area (Å²) in [5.41, 5.74) is 2.78. The van der Waals surface area contributed by atoms with Crippen LogP contribution in [-0.2, 0) is 6.54 Å². The lowest BCUT2D eigenvalue weighted by atomic mass is 10.1. The highest BCUT2D eigenvalue weighted by Gasteiger charge is 2.14. The van der Waals surface area contributed by atoms with Crippen molar-refractivity contribution in [1.29, 1.82) is 0 Å². The van der Waals surface area contributed by atoms with Crippen LogP contribution in [0.3, 0.4) is 0 Å². The molecule has 1 aliphatic heterocycles. The third-order valence-corrected chi connectivity index (χ3v) is 3.87. The van der Waals surface area contributed by atoms with Crippen LogP contribution in [-0.4, -0.2) is 31.3 Å². The van der Waals surface area contributed by atoms with Gasteiger partial charge in [-0.1, -0.05) is 25.1 Å². The van der Waals surface area contributed by atoms with Crippen LogP contribution in [0.1, 0.15) is 31.7 Å². The summed E-state index contributed by atoms with van der Waals surface area (Å²) in [7, 11) is 0. The molecular weight excluding hydrogens is 236 g/mol. The summed E-state index contributed by atoms with van der Waals surface area (Å²) in [6.07, 6.45) is 3.51. The average molecular weight is 262 g/mol. The summed E-state index contributed by atoms with van der Waals surface area (Å²) in [4.78, 5) is 2.49. The Labute approximate surface area is 116 Å². The van der Waals surface area contributed by atoms with Crippen molar-refractivity contribution < 1.29 is 5.11 Å². The van der Waals surface area contributed by atoms with E-state index < -0.39 is 0 Å². The minimum Gasteiger partial charge on any atom is -0.396 e. The Morgan fingerprint density at radius 2 is 2.00 bits per heavy atom. The molecule has 1 aromatic rings. The summed E-state index contributed by atoms with van der Waals surface area (Å²) < 4.78 is 0. The summed E-state index contributed by atoms with van der Waals surface area (Å²) in [5.74, 6) is 0.531. The van der Waals surface area contributed by atoms with Gasteiger partial charge in [0.2, 0.25) is 0 Å². The Balaban J connectivity index is 1.89. The van der Waals surface area contributed by atoms with Crippen LogP contribution >= 0.6 is 0 Å². The smallest absolute Gasteiger partial charge is 0.0434 e. The van der Waals surface area contributed by atoms with E-state index in [1.54, 1.807) is 0 Å². The molecule has 1 atom stereocenters. The molecule has 1 aromatic carbocycles. The highest BCUT2D eigenvalue weighted by molar-refractivity contribution is 5.54. The molecule has 1 fully saturated rings. The first-order chi connectivity index (χ1) is 9.31. The zero-order valence-corrected chi connectivity index (χ0v) is 11.9. The van der Waals surface area contributed by atoms with E-state index in [-0.39, 0.29) is 6.61 Å². The normalized spacial score (nSPS) is 16.8. The monoisotopic (exact) mass is 262 g/mol. The molecule has 0 saturated carbocycles. The predicted molar refractivity (Wildman–Crippen MR) is 80.5 cm³/mol. The predicted octanol–water partition coefficient (Wildman–Crippen LogP) is 2.39. The van der Waals surface area contributed by atoms with Gasteiger partial charge in [-0.15, -0.1) is 0 Å². The fourth-order valence-corrected chi connectivity index (χ4v) is 2.70. The largest absolute Gasteiger partial charge is 0.396 e. The fourth-order valence-electron chi connectivity index (χ4n) is 2.70. The standard InChI is InChI=1S/C16H26N2O/c1-14(8-11-19)12-17-13-15-6-2-3-7-16(15)18-9-4-5-10-18/h2-3,6-7,14,17,19H,4-5,8-13H2,1H3. The van der Waals surface area contributed by atoms with E-state index in [0.717, 1.165) is 19.5 Å². The molecule has 1 aliphatic rings. The molecule has 106 valence electrons. The van der Waals surface area contributed by atoms with Crippen molar-refractivity contribution >= 4 is 5.69 Å². The number of hydrogen-bond acceptors (Lipinski definition) is 3. The SMILES string of the molecule is CC(CCO)CNCc1ccccc1N1CCCC1. The maximum Gasteiger partial charge on any atom is 0.0434 e. The van der Waals surface area contributed by atoms with Crippen LogP contribution in [0.25, 0.3) is 0 Å². The van der Waals surface area contributed by atoms with Crippen LogP contribution in [0, 0.1) is 5.92 Å². The van der Waals surface area contributed by atoms with E-state index >= 15 is 0 Å². The number of aliphatic hydroxyl groups excluding tert-OH is 1. The number of nitrogens with zero attached hydrogens (tertiary/aromatic N) is 1. The second kappa shape index (κ2) is 7.51. The number of benzene rings is 1. The molecule has 19 heavy (non-hydrogen) atoms. The Morgan fingerprint density at radius 3 is 2.74 bits per heavy atom. The minimum absolute atomic E-state index is 0.285. The molecule has 2 rings (SSSR count). The molecule has 0 amide bonds. The third-order valence-electron chi connectivity index (χ3n) is 3.87. The Bertz CT molecular complexity index is 375. The molecule has 3 nitrogen and oxygen atoms in total. The van der Waals surface area contributed by atoms with E-state index in [4.69, 9.17) is 5.11 Å². The number of rotatable bonds is 7. The van der Waals surface area contributed by atoms with Gasteiger partial charge in [0.15, 0.2) is 0 Å². The van der Waals surface area contributed by atoms with E-state index in [0.29, 0.717) is 5.92 Å². The average Bonchev–Trinajstić information content (AvgIpc) is 2.93. The first kappa shape index (κ1) is 14.4. The molecule has 1 heterocycles. The number of nitrogens with one attached hydrogen (secondary N) is 1. The molecule has 0 aliphatic carbocycles. The van der Waals surface area contributed by atoms with Crippen LogP contribution in [0.2, 0.25) is 0 Å². The summed E-state index contributed by atoms with van der Waals surface area (Å²) in [6.45, 7) is 6.73. The Hall–Kier alpha value is -1.06. The second-order valence-corrected chi connectivity index (χ2v) is 5.57. The first-order valence-corrected chi connectivity index (χ1v) is 7.45. The Kier molecular flexibility index (Phi) is 5.67. The van der Waals surface area contributed by atoms with Gasteiger partial charge in [-0.25, -0.2) is 0 Å². The van der Waals surface area contributed by atoms with Crippen molar-refractivity contribution in [3.8, 4) is 0 Å². The molecular formula is C16H26N2O. The van der Waals surface area contributed by atoms with E-state index in [1.165, 1.54) is 37.2 Å². The third kappa shape index (κ3) is 4.22.